The van der Waals surface area contributed by atoms with Crippen LogP contribution in [-0.4, -0.2) is 56.0 Å². The molecule has 1 saturated heterocycles. The Morgan fingerprint density at radius 2 is 1.90 bits per heavy atom. The zero-order chi connectivity index (χ0) is 15.5. The molecule has 116 valence electrons. The Morgan fingerprint density at radius 1 is 1.19 bits per heavy atom. The maximum Gasteiger partial charge on any atom is 0.227 e. The average molecular weight is 314 g/mol. The van der Waals surface area contributed by atoms with Crippen molar-refractivity contribution in [1.29, 1.82) is 0 Å². The minimum absolute atomic E-state index is 0.00550. The van der Waals surface area contributed by atoms with Gasteiger partial charge < -0.3 is 4.90 Å². The summed E-state index contributed by atoms with van der Waals surface area (Å²) in [7, 11) is -3.23. The first-order valence-corrected chi connectivity index (χ1v) is 8.69. The van der Waals surface area contributed by atoms with E-state index in [9.17, 15) is 17.6 Å². The molecule has 1 aliphatic heterocycles. The first kappa shape index (κ1) is 15.9. The highest BCUT2D eigenvalue weighted by atomic mass is 32.2. The fourth-order valence-electron chi connectivity index (χ4n) is 2.39. The Bertz CT molecular complexity index is 618. The van der Waals surface area contributed by atoms with E-state index in [1.807, 2.05) is 0 Å². The number of nitrogens with zero attached hydrogens (tertiary/aromatic N) is 2. The van der Waals surface area contributed by atoms with Crippen molar-refractivity contribution >= 4 is 15.9 Å². The molecule has 1 fully saturated rings. The maximum atomic E-state index is 13.6. The van der Waals surface area contributed by atoms with E-state index in [0.29, 0.717) is 38.2 Å². The predicted octanol–water partition coefficient (Wildman–Crippen LogP) is 0.862. The van der Waals surface area contributed by atoms with Gasteiger partial charge in [-0.3, -0.25) is 4.79 Å². The van der Waals surface area contributed by atoms with Gasteiger partial charge in [0, 0.05) is 26.2 Å². The molecule has 0 radical (unpaired) electrons. The van der Waals surface area contributed by atoms with Gasteiger partial charge in [-0.05, 0) is 18.1 Å². The third-order valence-electron chi connectivity index (χ3n) is 3.58. The van der Waals surface area contributed by atoms with Gasteiger partial charge in [0.05, 0.1) is 12.7 Å². The molecule has 0 bridgehead atoms. The fourth-order valence-corrected chi connectivity index (χ4v) is 3.27. The van der Waals surface area contributed by atoms with E-state index in [4.69, 9.17) is 0 Å². The lowest BCUT2D eigenvalue weighted by Crippen LogP contribution is -2.37. The zero-order valence-electron chi connectivity index (χ0n) is 12.0. The quantitative estimate of drug-likeness (QED) is 0.831. The number of benzene rings is 1. The molecule has 0 aromatic heterocycles. The molecule has 0 atom stereocenters. The van der Waals surface area contributed by atoms with Crippen LogP contribution in [-0.2, 0) is 21.2 Å². The number of carbonyl (C=O) groups is 1. The van der Waals surface area contributed by atoms with Crippen LogP contribution in [0.1, 0.15) is 12.0 Å². The van der Waals surface area contributed by atoms with E-state index in [1.165, 1.54) is 16.6 Å². The topological polar surface area (TPSA) is 57.7 Å². The van der Waals surface area contributed by atoms with Gasteiger partial charge in [0.25, 0.3) is 0 Å². The van der Waals surface area contributed by atoms with Crippen molar-refractivity contribution in [2.24, 2.45) is 0 Å². The van der Waals surface area contributed by atoms with E-state index in [1.54, 1.807) is 23.1 Å². The van der Waals surface area contributed by atoms with E-state index in [-0.39, 0.29) is 12.3 Å². The summed E-state index contributed by atoms with van der Waals surface area (Å²) in [6, 6.07) is 6.20. The number of rotatable bonds is 3. The summed E-state index contributed by atoms with van der Waals surface area (Å²) in [5, 5.41) is 0. The molecule has 0 aliphatic carbocycles. The van der Waals surface area contributed by atoms with Gasteiger partial charge in [-0.25, -0.2) is 17.1 Å². The minimum Gasteiger partial charge on any atom is -0.341 e. The van der Waals surface area contributed by atoms with Crippen LogP contribution in [0.5, 0.6) is 0 Å². The molecule has 1 heterocycles. The molecule has 0 saturated carbocycles. The summed E-state index contributed by atoms with van der Waals surface area (Å²) in [5.74, 6) is -0.561. The Balaban J connectivity index is 1.99. The third kappa shape index (κ3) is 4.25. The van der Waals surface area contributed by atoms with Crippen molar-refractivity contribution in [2.45, 2.75) is 12.8 Å². The normalized spacial score (nSPS) is 17.5. The van der Waals surface area contributed by atoms with Crippen molar-refractivity contribution in [3.63, 3.8) is 0 Å². The fraction of sp³-hybridized carbons (Fsp3) is 0.500. The Morgan fingerprint density at radius 3 is 2.57 bits per heavy atom. The number of hydrogen-bond acceptors (Lipinski definition) is 3. The summed E-state index contributed by atoms with van der Waals surface area (Å²) < 4.78 is 38.0. The molecule has 0 unspecified atom stereocenters. The van der Waals surface area contributed by atoms with Crippen LogP contribution in [0, 0.1) is 5.82 Å². The highest BCUT2D eigenvalue weighted by Gasteiger charge is 2.24. The van der Waals surface area contributed by atoms with E-state index < -0.39 is 15.8 Å². The molecule has 1 amide bonds. The van der Waals surface area contributed by atoms with Gasteiger partial charge >= 0.3 is 0 Å². The predicted molar refractivity (Wildman–Crippen MR) is 77.7 cm³/mol. The third-order valence-corrected chi connectivity index (χ3v) is 4.88. The standard InChI is InChI=1S/C14H19FN2O3S/c1-21(19,20)17-8-4-7-16(9-10-17)14(18)11-12-5-2-3-6-13(12)15/h2-3,5-6H,4,7-11H2,1H3. The summed E-state index contributed by atoms with van der Waals surface area (Å²) in [5.41, 5.74) is 0.367. The summed E-state index contributed by atoms with van der Waals surface area (Å²) in [6.07, 6.45) is 1.77. The molecular weight excluding hydrogens is 295 g/mol. The Labute approximate surface area is 124 Å². The molecule has 1 aromatic carbocycles. The molecule has 0 N–H and O–H groups in total. The lowest BCUT2D eigenvalue weighted by atomic mass is 10.1. The van der Waals surface area contributed by atoms with Crippen LogP contribution < -0.4 is 0 Å². The average Bonchev–Trinajstić information content (AvgIpc) is 2.66. The van der Waals surface area contributed by atoms with E-state index >= 15 is 0 Å². The van der Waals surface area contributed by atoms with Gasteiger partial charge in [-0.1, -0.05) is 18.2 Å². The minimum atomic E-state index is -3.23. The van der Waals surface area contributed by atoms with Gasteiger partial charge in [-0.15, -0.1) is 0 Å². The summed E-state index contributed by atoms with van der Waals surface area (Å²) in [4.78, 5) is 13.8. The van der Waals surface area contributed by atoms with Crippen LogP contribution in [0.2, 0.25) is 0 Å². The van der Waals surface area contributed by atoms with Gasteiger partial charge in [0.15, 0.2) is 0 Å². The highest BCUT2D eigenvalue weighted by molar-refractivity contribution is 7.88. The Hall–Kier alpha value is -1.47. The second kappa shape index (κ2) is 6.53. The molecular formula is C14H19FN2O3S. The van der Waals surface area contributed by atoms with Crippen LogP contribution in [0.4, 0.5) is 4.39 Å². The molecule has 7 heteroatoms. The van der Waals surface area contributed by atoms with Crippen LogP contribution in [0.15, 0.2) is 24.3 Å². The van der Waals surface area contributed by atoms with Crippen LogP contribution in [0.25, 0.3) is 0 Å². The number of amides is 1. The number of halogens is 1. The molecule has 2 rings (SSSR count). The van der Waals surface area contributed by atoms with E-state index in [2.05, 4.69) is 0 Å². The molecule has 0 spiro atoms. The van der Waals surface area contributed by atoms with Crippen molar-refractivity contribution in [2.75, 3.05) is 32.4 Å². The molecule has 21 heavy (non-hydrogen) atoms. The highest BCUT2D eigenvalue weighted by Crippen LogP contribution is 2.11. The second-order valence-corrected chi connectivity index (χ2v) is 7.15. The smallest absolute Gasteiger partial charge is 0.227 e. The zero-order valence-corrected chi connectivity index (χ0v) is 12.8. The van der Waals surface area contributed by atoms with Gasteiger partial charge in [0.2, 0.25) is 15.9 Å². The molecule has 1 aliphatic rings. The number of hydrogen-bond donors (Lipinski definition) is 0. The summed E-state index contributed by atoms with van der Waals surface area (Å²) in [6.45, 7) is 1.56. The van der Waals surface area contributed by atoms with Crippen molar-refractivity contribution in [3.05, 3.63) is 35.6 Å². The van der Waals surface area contributed by atoms with Crippen LogP contribution >= 0.6 is 0 Å². The van der Waals surface area contributed by atoms with Gasteiger partial charge in [0.1, 0.15) is 5.82 Å². The van der Waals surface area contributed by atoms with Crippen LogP contribution in [0.3, 0.4) is 0 Å². The lowest BCUT2D eigenvalue weighted by molar-refractivity contribution is -0.130. The van der Waals surface area contributed by atoms with Crippen molar-refractivity contribution in [3.8, 4) is 0 Å². The maximum absolute atomic E-state index is 13.6. The first-order chi connectivity index (χ1) is 9.88. The van der Waals surface area contributed by atoms with Crippen molar-refractivity contribution in [1.82, 2.24) is 9.21 Å². The number of sulfonamides is 1. The molecule has 1 aromatic rings. The largest absolute Gasteiger partial charge is 0.341 e. The summed E-state index contributed by atoms with van der Waals surface area (Å²) >= 11 is 0. The Kier molecular flexibility index (Phi) is 4.95. The SMILES string of the molecule is CS(=O)(=O)N1CCCN(C(=O)Cc2ccccc2F)CC1. The first-order valence-electron chi connectivity index (χ1n) is 6.84. The monoisotopic (exact) mass is 314 g/mol. The van der Waals surface area contributed by atoms with E-state index in [0.717, 1.165) is 0 Å². The second-order valence-electron chi connectivity index (χ2n) is 5.16. The number of carbonyl (C=O) groups excluding carboxylic acids is 1. The van der Waals surface area contributed by atoms with Crippen molar-refractivity contribution < 1.29 is 17.6 Å². The molecule has 5 nitrogen and oxygen atoms in total. The van der Waals surface area contributed by atoms with Gasteiger partial charge in [-0.2, -0.15) is 0 Å². The lowest BCUT2D eigenvalue weighted by Gasteiger charge is -2.21.